The number of fused-ring (bicyclic) bond motifs is 2. The number of nitrogens with one attached hydrogen (secondary N) is 4. The van der Waals surface area contributed by atoms with Crippen molar-refractivity contribution in [2.75, 3.05) is 17.2 Å². The number of aromatic hydroxyl groups is 1. The van der Waals surface area contributed by atoms with Crippen molar-refractivity contribution in [3.8, 4) is 5.75 Å². The monoisotopic (exact) mass is 732 g/mol. The first kappa shape index (κ1) is 33.5. The zero-order valence-electron chi connectivity index (χ0n) is 24.8. The number of nitrogen functional groups attached to an aromatic ring is 1. The van der Waals surface area contributed by atoms with Gasteiger partial charge in [-0.2, -0.15) is 4.98 Å². The van der Waals surface area contributed by atoms with Gasteiger partial charge in [0.15, 0.2) is 34.8 Å². The number of nitrogens with zero attached hydrogens (tertiary/aromatic N) is 7. The van der Waals surface area contributed by atoms with Gasteiger partial charge in [0, 0.05) is 22.6 Å². The maximum absolute atomic E-state index is 13.4. The fourth-order valence-electron chi connectivity index (χ4n) is 4.75. The number of aliphatic imine (C=N–C) groups is 1. The maximum atomic E-state index is 13.4. The first-order valence-electron chi connectivity index (χ1n) is 13.8. The number of anilines is 1. The Balaban J connectivity index is 1.15. The molecule has 0 aliphatic carbocycles. The maximum Gasteiger partial charge on any atom is 0.361 e. The van der Waals surface area contributed by atoms with E-state index in [1.807, 2.05) is 0 Å². The molecule has 2 aromatic rings. The van der Waals surface area contributed by atoms with Gasteiger partial charge < -0.3 is 31.1 Å². The standard InChI is InChI=1S/C25H24N12O9S3/c1-9-2-15(37-14(28-9)4-35(34-37)25(44)32-45)47-6-10-7-48-22-17(21(41)36(22)18(10)23(42)43)31-20(40)16(11-8-49-24(26)29-11)33-46-5-13-27-3-12(38)19(39)30-13/h2-4,8,17,22,34,38,45H,5-7H2,1H3,(H2,26,29)(H,31,40)(H,32,44)(H,42,43)(H,27,30,39)/b33-16-/t17-,22-/m1/s1. The molecule has 256 valence electrons. The molecule has 1 saturated heterocycles. The van der Waals surface area contributed by atoms with Gasteiger partial charge in [-0.05, 0) is 18.6 Å². The topological polar surface area (TPSA) is 293 Å². The highest BCUT2D eigenvalue weighted by Gasteiger charge is 2.54. The van der Waals surface area contributed by atoms with Crippen molar-refractivity contribution in [1.29, 1.82) is 0 Å². The first-order chi connectivity index (χ1) is 23.4. The lowest BCUT2D eigenvalue weighted by molar-refractivity contribution is -0.150. The summed E-state index contributed by atoms with van der Waals surface area (Å²) in [4.78, 5) is 83.5. The molecule has 4 aliphatic rings. The minimum absolute atomic E-state index is 0.00202. The molecule has 24 heteroatoms. The van der Waals surface area contributed by atoms with Gasteiger partial charge in [-0.25, -0.2) is 35.1 Å². The molecule has 2 aromatic heterocycles. The Morgan fingerprint density at radius 1 is 1.29 bits per heavy atom. The minimum atomic E-state index is -1.32. The van der Waals surface area contributed by atoms with Crippen LogP contribution in [0.2, 0.25) is 0 Å². The molecular formula is C25H24N12O9S3. The number of carbonyl (C=O) groups excluding carboxylic acids is 3. The summed E-state index contributed by atoms with van der Waals surface area (Å²) in [5.41, 5.74) is 9.65. The van der Waals surface area contributed by atoms with Crippen LogP contribution in [0.15, 0.2) is 60.9 Å². The third kappa shape index (κ3) is 6.66. The number of urea groups is 1. The Bertz CT molecular complexity index is 1970. The van der Waals surface area contributed by atoms with Crippen LogP contribution < -0.4 is 27.6 Å². The lowest BCUT2D eigenvalue weighted by Crippen LogP contribution is -2.71. The van der Waals surface area contributed by atoms with Crippen LogP contribution in [0.25, 0.3) is 0 Å². The summed E-state index contributed by atoms with van der Waals surface area (Å²) >= 11 is 3.52. The number of carboxylic acids is 1. The number of oxime groups is 1. The third-order valence-corrected chi connectivity index (χ3v) is 10.0. The molecule has 2 atom stereocenters. The number of thioether (sulfide) groups is 2. The second-order valence-electron chi connectivity index (χ2n) is 10.2. The molecule has 0 saturated carbocycles. The van der Waals surface area contributed by atoms with E-state index in [-0.39, 0.29) is 46.2 Å². The van der Waals surface area contributed by atoms with Gasteiger partial charge in [-0.1, -0.05) is 5.16 Å². The van der Waals surface area contributed by atoms with Crippen molar-refractivity contribution in [2.24, 2.45) is 10.1 Å². The van der Waals surface area contributed by atoms with E-state index in [9.17, 15) is 34.2 Å². The molecule has 0 radical (unpaired) electrons. The summed E-state index contributed by atoms with van der Waals surface area (Å²) in [6.07, 6.45) is 4.09. The van der Waals surface area contributed by atoms with E-state index < -0.39 is 46.5 Å². The fraction of sp³-hybridized carbons (Fsp3) is 0.240. The normalized spacial score (nSPS) is 20.1. The molecule has 6 heterocycles. The number of amides is 4. The average Bonchev–Trinajstić information content (AvgIpc) is 3.71. The summed E-state index contributed by atoms with van der Waals surface area (Å²) in [6, 6.07) is -1.96. The Hall–Kier alpha value is -5.43. The zero-order chi connectivity index (χ0) is 35.0. The van der Waals surface area contributed by atoms with Gasteiger partial charge in [0.2, 0.25) is 0 Å². The van der Waals surface area contributed by atoms with Gasteiger partial charge in [-0.15, -0.1) is 40.4 Å². The molecule has 9 N–H and O–H groups in total. The smallest absolute Gasteiger partial charge is 0.361 e. The number of carbonyl (C=O) groups is 4. The predicted octanol–water partition coefficient (Wildman–Crippen LogP) is -0.842. The van der Waals surface area contributed by atoms with Gasteiger partial charge in [-0.3, -0.25) is 24.5 Å². The number of aromatic amines is 1. The number of hydrazine groups is 2. The van der Waals surface area contributed by atoms with E-state index in [2.05, 4.69) is 36.0 Å². The van der Waals surface area contributed by atoms with Gasteiger partial charge in [0.25, 0.3) is 11.8 Å². The highest BCUT2D eigenvalue weighted by Crippen LogP contribution is 2.42. The van der Waals surface area contributed by atoms with Crippen LogP contribution in [0.3, 0.4) is 0 Å². The molecule has 0 unspecified atom stereocenters. The molecule has 21 nitrogen and oxygen atoms in total. The van der Waals surface area contributed by atoms with E-state index in [1.54, 1.807) is 13.0 Å². The molecule has 49 heavy (non-hydrogen) atoms. The van der Waals surface area contributed by atoms with Crippen LogP contribution in [0.5, 0.6) is 5.75 Å². The molecule has 4 amide bonds. The van der Waals surface area contributed by atoms with Crippen LogP contribution in [0, 0.1) is 0 Å². The minimum Gasteiger partial charge on any atom is -0.502 e. The molecule has 1 fully saturated rings. The van der Waals surface area contributed by atoms with Crippen molar-refractivity contribution < 1.29 is 39.4 Å². The number of allylic oxidation sites excluding steroid dienone is 1. The molecule has 0 spiro atoms. The van der Waals surface area contributed by atoms with Gasteiger partial charge >= 0.3 is 17.6 Å². The zero-order valence-corrected chi connectivity index (χ0v) is 27.3. The highest BCUT2D eigenvalue weighted by molar-refractivity contribution is 8.03. The molecule has 4 aliphatic heterocycles. The fourth-order valence-corrected chi connectivity index (χ4v) is 7.85. The summed E-state index contributed by atoms with van der Waals surface area (Å²) in [7, 11) is 0. The van der Waals surface area contributed by atoms with E-state index >= 15 is 0 Å². The predicted molar refractivity (Wildman–Crippen MR) is 173 cm³/mol. The van der Waals surface area contributed by atoms with E-state index in [0.717, 1.165) is 27.4 Å². The number of β-lactam (4-membered cyclic amide) rings is 1. The SMILES string of the molecule is CC1=NC2=CN(C(=O)NO)NN2C(SCC2=C(C(=O)O)N3C(=O)[C@@H](NC(=O)/C(=N\OCc4nc(=O)c(O)c[nH]4)c4csc(N)n4)[C@H]3SC2)=C1. The Morgan fingerprint density at radius 2 is 2.08 bits per heavy atom. The number of hydroxylamine groups is 1. The van der Waals surface area contributed by atoms with Crippen LogP contribution in [-0.4, -0.2) is 103 Å². The highest BCUT2D eigenvalue weighted by atomic mass is 32.2. The molecule has 6 rings (SSSR count). The van der Waals surface area contributed by atoms with Crippen molar-refractivity contribution in [2.45, 2.75) is 24.9 Å². The van der Waals surface area contributed by atoms with Crippen LogP contribution >= 0.6 is 34.9 Å². The second kappa shape index (κ2) is 13.6. The van der Waals surface area contributed by atoms with Gasteiger partial charge in [0.05, 0.1) is 17.4 Å². The molecular weight excluding hydrogens is 709 g/mol. The first-order valence-corrected chi connectivity index (χ1v) is 16.7. The number of hydrogen-bond acceptors (Lipinski definition) is 18. The van der Waals surface area contributed by atoms with Crippen LogP contribution in [0.4, 0.5) is 9.93 Å². The summed E-state index contributed by atoms with van der Waals surface area (Å²) in [6.45, 7) is 1.35. The van der Waals surface area contributed by atoms with Crippen molar-refractivity contribution >= 4 is 75.2 Å². The van der Waals surface area contributed by atoms with Crippen LogP contribution in [-0.2, 0) is 25.8 Å². The summed E-state index contributed by atoms with van der Waals surface area (Å²) in [5.74, 6) is -2.71. The average molecular weight is 733 g/mol. The Kier molecular flexibility index (Phi) is 9.28. The van der Waals surface area contributed by atoms with Crippen molar-refractivity contribution in [1.82, 2.24) is 46.2 Å². The van der Waals surface area contributed by atoms with E-state index in [4.69, 9.17) is 15.8 Å². The number of rotatable bonds is 10. The van der Waals surface area contributed by atoms with E-state index in [1.165, 1.54) is 45.6 Å². The quantitative estimate of drug-likeness (QED) is 0.0639. The third-order valence-electron chi connectivity index (χ3n) is 6.94. The molecule has 0 bridgehead atoms. The van der Waals surface area contributed by atoms with Crippen LogP contribution in [0.1, 0.15) is 18.4 Å². The second-order valence-corrected chi connectivity index (χ2v) is 13.2. The van der Waals surface area contributed by atoms with E-state index in [0.29, 0.717) is 22.1 Å². The van der Waals surface area contributed by atoms with Crippen molar-refractivity contribution in [3.05, 3.63) is 67.8 Å². The number of nitrogens with two attached hydrogens (primary N) is 1. The summed E-state index contributed by atoms with van der Waals surface area (Å²) in [5, 5.41) is 38.7. The largest absolute Gasteiger partial charge is 0.502 e. The lowest BCUT2D eigenvalue weighted by atomic mass is 10.0. The van der Waals surface area contributed by atoms with Gasteiger partial charge in [0.1, 0.15) is 22.8 Å². The van der Waals surface area contributed by atoms with Crippen molar-refractivity contribution in [3.63, 3.8) is 0 Å². The Labute approximate surface area is 286 Å². The summed E-state index contributed by atoms with van der Waals surface area (Å²) < 4.78 is 0. The number of thiazole rings is 1. The number of aromatic nitrogens is 3. The number of aliphatic carboxylic acids is 1. The lowest BCUT2D eigenvalue weighted by Gasteiger charge is -2.49. The Morgan fingerprint density at radius 3 is 2.78 bits per heavy atom. The number of carboxylic acid groups (broad SMARTS) is 1. The number of H-pyrrole nitrogens is 1. The number of hydrogen-bond donors (Lipinski definition) is 8. The molecule has 0 aromatic carbocycles.